The Kier molecular flexibility index (Phi) is 14.1. The number of rotatable bonds is 9. The van der Waals surface area contributed by atoms with Crippen LogP contribution in [0.5, 0.6) is 0 Å². The number of hydrogen-bond acceptors (Lipinski definition) is 9. The van der Waals surface area contributed by atoms with E-state index in [2.05, 4.69) is 210 Å². The Hall–Kier alpha value is -13.5. The van der Waals surface area contributed by atoms with E-state index < -0.39 is 0 Å². The van der Waals surface area contributed by atoms with Crippen LogP contribution in [0.2, 0.25) is 0 Å². The van der Waals surface area contributed by atoms with Gasteiger partial charge in [0.1, 0.15) is 33.5 Å². The molecular formula is C96H64N6O3. The summed E-state index contributed by atoms with van der Waals surface area (Å²) in [5.41, 5.74) is 28.3. The molecule has 0 amide bonds. The summed E-state index contributed by atoms with van der Waals surface area (Å²) >= 11 is 0. The quantitative estimate of drug-likeness (QED) is 0.139. The molecule has 2 aliphatic rings. The maximum Gasteiger partial charge on any atom is 0.164 e. The minimum Gasteiger partial charge on any atom is -0.456 e. The summed E-state index contributed by atoms with van der Waals surface area (Å²) in [6, 6.07) is 110. The topological polar surface area (TPSA) is 117 Å². The first kappa shape index (κ1) is 61.4. The first-order valence-corrected chi connectivity index (χ1v) is 35.6. The summed E-state index contributed by atoms with van der Waals surface area (Å²) in [6.07, 6.45) is 0. The largest absolute Gasteiger partial charge is 0.456 e. The van der Waals surface area contributed by atoms with Crippen molar-refractivity contribution in [1.29, 1.82) is 0 Å². The highest BCUT2D eigenvalue weighted by Crippen LogP contribution is 2.59. The molecule has 19 aromatic rings. The molecule has 9 heteroatoms. The van der Waals surface area contributed by atoms with Gasteiger partial charge in [0, 0.05) is 82.1 Å². The number of furan rings is 3. The second-order valence-corrected chi connectivity index (χ2v) is 28.4. The predicted molar refractivity (Wildman–Crippen MR) is 426 cm³/mol. The molecule has 5 aromatic heterocycles. The highest BCUT2D eigenvalue weighted by atomic mass is 16.3. The average Bonchev–Trinajstić information content (AvgIpc) is 1.53. The van der Waals surface area contributed by atoms with Crippen LogP contribution in [0.25, 0.3) is 190 Å². The fourth-order valence-electron chi connectivity index (χ4n) is 16.1. The second kappa shape index (κ2) is 24.1. The number of para-hydroxylation sites is 4. The highest BCUT2D eigenvalue weighted by Gasteiger charge is 2.43. The number of aromatic nitrogens is 6. The molecule has 0 atom stereocenters. The van der Waals surface area contributed by atoms with Crippen molar-refractivity contribution >= 4 is 65.8 Å². The van der Waals surface area contributed by atoms with Gasteiger partial charge < -0.3 is 13.3 Å². The van der Waals surface area contributed by atoms with Crippen LogP contribution in [0.15, 0.2) is 329 Å². The standard InChI is InChI=1S/C51H29N3O3.C45H35N3/c1-6-21-45-37(14-1)40-18-9-17-36(48(40)57-45)32-12-7-10-30(26-32)31-11-8-13-33(27-31)49-52-50(34-22-24-46-41(28-34)38-15-2-4-19-43(38)55-46)54-51(53-49)35-23-25-47-42(29-35)39-16-3-5-20-44(39)56-47;1-44(2)35-18-12-11-17-33(35)39-36(44)25-26-37-40(39)34-24-23-32(27-38(34)45(37,3)4)28-19-21-31(22-20-28)43-47-41(29-13-7-5-8-14-29)46-42(48-43)30-15-9-6-10-16-30/h1-29H;5-27H,1-4H3. The highest BCUT2D eigenvalue weighted by molar-refractivity contribution is 6.10. The molecule has 9 nitrogen and oxygen atoms in total. The SMILES string of the molecule is CC1(C)c2ccccc2-c2c1ccc1c2-c2ccc(-c3ccc(-c4nc(-c5ccccc5)nc(-c5ccccc5)n4)cc3)cc2C1(C)C.c1cc(-c2cccc(-c3cccc4c3oc3ccccc34)c2)cc(-c2nc(-c3ccc4oc5ccccc5c4c3)nc(-c3ccc4oc5ccccc5c4c3)n2)c1. The van der Waals surface area contributed by atoms with Crippen molar-refractivity contribution in [1.82, 2.24) is 29.9 Å². The fourth-order valence-corrected chi connectivity index (χ4v) is 16.1. The molecule has 0 fully saturated rings. The zero-order chi connectivity index (χ0) is 70.1. The normalized spacial score (nSPS) is 13.1. The zero-order valence-electron chi connectivity index (χ0n) is 57.9. The molecule has 14 aromatic carbocycles. The molecule has 0 spiro atoms. The fraction of sp³-hybridized carbons (Fsp3) is 0.0625. The Morgan fingerprint density at radius 3 is 1.10 bits per heavy atom. The minimum absolute atomic E-state index is 0.0161. The van der Waals surface area contributed by atoms with Crippen LogP contribution in [-0.2, 0) is 10.8 Å². The van der Waals surface area contributed by atoms with E-state index in [4.69, 9.17) is 43.2 Å². The van der Waals surface area contributed by atoms with Gasteiger partial charge in [-0.15, -0.1) is 0 Å². The van der Waals surface area contributed by atoms with E-state index in [9.17, 15) is 0 Å². The molecule has 2 aliphatic carbocycles. The number of nitrogens with zero attached hydrogens (tertiary/aromatic N) is 6. The zero-order valence-corrected chi connectivity index (χ0v) is 57.9. The van der Waals surface area contributed by atoms with Gasteiger partial charge in [0.2, 0.25) is 0 Å². The van der Waals surface area contributed by atoms with Crippen LogP contribution in [-0.4, -0.2) is 29.9 Å². The first-order chi connectivity index (χ1) is 51.5. The van der Waals surface area contributed by atoms with E-state index in [1.165, 1.54) is 55.6 Å². The summed E-state index contributed by atoms with van der Waals surface area (Å²) in [4.78, 5) is 30.1. The van der Waals surface area contributed by atoms with E-state index in [0.717, 1.165) is 121 Å². The van der Waals surface area contributed by atoms with Gasteiger partial charge in [-0.25, -0.2) is 29.9 Å². The third-order valence-corrected chi connectivity index (χ3v) is 21.5. The van der Waals surface area contributed by atoms with E-state index in [-0.39, 0.29) is 10.8 Å². The maximum absolute atomic E-state index is 6.40. The van der Waals surface area contributed by atoms with Gasteiger partial charge in [0.25, 0.3) is 0 Å². The van der Waals surface area contributed by atoms with Crippen LogP contribution in [0, 0.1) is 0 Å². The first-order valence-electron chi connectivity index (χ1n) is 35.6. The molecule has 0 saturated heterocycles. The predicted octanol–water partition coefficient (Wildman–Crippen LogP) is 25.1. The molecule has 0 radical (unpaired) electrons. The molecule has 0 unspecified atom stereocenters. The van der Waals surface area contributed by atoms with Gasteiger partial charge in [-0.3, -0.25) is 0 Å². The Morgan fingerprint density at radius 1 is 0.200 bits per heavy atom. The summed E-state index contributed by atoms with van der Waals surface area (Å²) in [6.45, 7) is 9.47. The van der Waals surface area contributed by atoms with Gasteiger partial charge in [-0.1, -0.05) is 270 Å². The van der Waals surface area contributed by atoms with Gasteiger partial charge >= 0.3 is 0 Å². The monoisotopic (exact) mass is 1350 g/mol. The van der Waals surface area contributed by atoms with Crippen LogP contribution < -0.4 is 0 Å². The molecule has 0 saturated carbocycles. The van der Waals surface area contributed by atoms with E-state index in [1.807, 2.05) is 133 Å². The molecule has 0 bridgehead atoms. The van der Waals surface area contributed by atoms with Crippen molar-refractivity contribution < 1.29 is 13.3 Å². The van der Waals surface area contributed by atoms with Crippen LogP contribution in [0.4, 0.5) is 0 Å². The van der Waals surface area contributed by atoms with Crippen molar-refractivity contribution in [3.05, 3.63) is 338 Å². The second-order valence-electron chi connectivity index (χ2n) is 28.4. The van der Waals surface area contributed by atoms with E-state index in [0.29, 0.717) is 34.9 Å². The molecule has 5 heterocycles. The Morgan fingerprint density at radius 2 is 0.543 bits per heavy atom. The lowest BCUT2D eigenvalue weighted by Crippen LogP contribution is -2.17. The third kappa shape index (κ3) is 10.3. The smallest absolute Gasteiger partial charge is 0.164 e. The lowest BCUT2D eigenvalue weighted by molar-refractivity contribution is 0.651. The van der Waals surface area contributed by atoms with Crippen molar-refractivity contribution in [2.24, 2.45) is 0 Å². The van der Waals surface area contributed by atoms with Crippen molar-refractivity contribution in [2.45, 2.75) is 38.5 Å². The van der Waals surface area contributed by atoms with Crippen molar-refractivity contribution in [3.8, 4) is 124 Å². The summed E-state index contributed by atoms with van der Waals surface area (Å²) < 4.78 is 18.7. The molecule has 0 N–H and O–H groups in total. The van der Waals surface area contributed by atoms with Crippen molar-refractivity contribution in [3.63, 3.8) is 0 Å². The molecule has 105 heavy (non-hydrogen) atoms. The lowest BCUT2D eigenvalue weighted by Gasteiger charge is -2.24. The van der Waals surface area contributed by atoms with E-state index in [1.54, 1.807) is 0 Å². The van der Waals surface area contributed by atoms with Crippen LogP contribution in [0.1, 0.15) is 49.9 Å². The average molecular weight is 1350 g/mol. The summed E-state index contributed by atoms with van der Waals surface area (Å²) in [7, 11) is 0. The maximum atomic E-state index is 6.40. The molecule has 0 aliphatic heterocycles. The molecular weight excluding hydrogens is 1290 g/mol. The minimum atomic E-state index is -0.107. The lowest BCUT2D eigenvalue weighted by atomic mass is 9.79. The van der Waals surface area contributed by atoms with Gasteiger partial charge in [-0.2, -0.15) is 0 Å². The Bertz CT molecular complexity index is 6530. The number of benzene rings is 14. The number of fused-ring (bicyclic) bond motifs is 16. The third-order valence-electron chi connectivity index (χ3n) is 21.5. The van der Waals surface area contributed by atoms with E-state index >= 15 is 0 Å². The Labute approximate surface area is 605 Å². The van der Waals surface area contributed by atoms with Crippen molar-refractivity contribution in [2.75, 3.05) is 0 Å². The van der Waals surface area contributed by atoms with Gasteiger partial charge in [0.15, 0.2) is 34.9 Å². The summed E-state index contributed by atoms with van der Waals surface area (Å²) in [5, 5.41) is 6.35. The van der Waals surface area contributed by atoms with Crippen LogP contribution in [0.3, 0.4) is 0 Å². The van der Waals surface area contributed by atoms with Gasteiger partial charge in [-0.05, 0) is 145 Å². The Balaban J connectivity index is 0.000000142. The summed E-state index contributed by atoms with van der Waals surface area (Å²) in [5.74, 6) is 3.73. The van der Waals surface area contributed by atoms with Gasteiger partial charge in [0.05, 0.1) is 0 Å². The molecule has 21 rings (SSSR count). The number of hydrogen-bond donors (Lipinski definition) is 0. The van der Waals surface area contributed by atoms with Crippen LogP contribution >= 0.6 is 0 Å². The molecule has 496 valence electrons.